The first-order valence-corrected chi connectivity index (χ1v) is 6.70. The molecule has 18 heavy (non-hydrogen) atoms. The number of hydrogen-bond acceptors (Lipinski definition) is 2. The summed E-state index contributed by atoms with van der Waals surface area (Å²) in [6, 6.07) is 9.71. The van der Waals surface area contributed by atoms with Crippen LogP contribution in [-0.4, -0.2) is 18.5 Å². The summed E-state index contributed by atoms with van der Waals surface area (Å²) in [6.07, 6.45) is 2.61. The van der Waals surface area contributed by atoms with Gasteiger partial charge in [0.2, 0.25) is 5.91 Å². The molecule has 3 nitrogen and oxygen atoms in total. The molecule has 0 heterocycles. The molecule has 0 spiro atoms. The Balaban J connectivity index is 2.27. The van der Waals surface area contributed by atoms with Gasteiger partial charge in [-0.25, -0.2) is 0 Å². The molecule has 0 saturated heterocycles. The second kappa shape index (κ2) is 7.88. The van der Waals surface area contributed by atoms with Crippen LogP contribution in [0.4, 0.5) is 0 Å². The summed E-state index contributed by atoms with van der Waals surface area (Å²) in [4.78, 5) is 11.7. The fraction of sp³-hybridized carbons (Fsp3) is 0.533. The average molecular weight is 248 g/mol. The maximum atomic E-state index is 11.7. The Morgan fingerprint density at radius 1 is 1.33 bits per heavy atom. The van der Waals surface area contributed by atoms with Gasteiger partial charge in [-0.1, -0.05) is 50.6 Å². The number of rotatable bonds is 7. The van der Waals surface area contributed by atoms with Crippen LogP contribution in [0, 0.1) is 5.92 Å². The summed E-state index contributed by atoms with van der Waals surface area (Å²) in [6.45, 7) is 4.95. The average Bonchev–Trinajstić information content (AvgIpc) is 2.42. The second-order valence-corrected chi connectivity index (χ2v) is 4.89. The molecule has 1 amide bonds. The molecule has 1 rings (SSSR count). The number of nitrogens with one attached hydrogen (secondary N) is 1. The number of carbonyl (C=O) groups is 1. The molecule has 1 aromatic rings. The highest BCUT2D eigenvalue weighted by atomic mass is 16.2. The first kappa shape index (κ1) is 14.7. The van der Waals surface area contributed by atoms with Crippen molar-refractivity contribution in [3.8, 4) is 0 Å². The van der Waals surface area contributed by atoms with Gasteiger partial charge in [-0.05, 0) is 24.3 Å². The van der Waals surface area contributed by atoms with Crippen LogP contribution >= 0.6 is 0 Å². The Kier molecular flexibility index (Phi) is 6.44. The molecule has 3 heteroatoms. The zero-order valence-electron chi connectivity index (χ0n) is 11.4. The summed E-state index contributed by atoms with van der Waals surface area (Å²) in [5.74, 6) is 0.474. The predicted octanol–water partition coefficient (Wildman–Crippen LogP) is 2.11. The van der Waals surface area contributed by atoms with E-state index in [0.29, 0.717) is 18.9 Å². The second-order valence-electron chi connectivity index (χ2n) is 4.89. The van der Waals surface area contributed by atoms with Crippen LogP contribution in [0.3, 0.4) is 0 Å². The van der Waals surface area contributed by atoms with Crippen LogP contribution in [0.1, 0.15) is 32.3 Å². The van der Waals surface area contributed by atoms with Crippen molar-refractivity contribution in [2.24, 2.45) is 11.7 Å². The molecule has 0 saturated carbocycles. The number of aryl methyl sites for hydroxylation is 1. The first-order chi connectivity index (χ1) is 8.63. The van der Waals surface area contributed by atoms with E-state index < -0.39 is 6.04 Å². The van der Waals surface area contributed by atoms with E-state index in [4.69, 9.17) is 5.73 Å². The zero-order valence-corrected chi connectivity index (χ0v) is 11.4. The SMILES string of the molecule is CCC(C)CNC(=O)[C@@H](N)CCc1ccccc1. The Labute approximate surface area is 110 Å². The molecule has 0 radical (unpaired) electrons. The van der Waals surface area contributed by atoms with Gasteiger partial charge in [0.25, 0.3) is 0 Å². The fourth-order valence-electron chi connectivity index (χ4n) is 1.65. The van der Waals surface area contributed by atoms with E-state index in [1.165, 1.54) is 5.56 Å². The molecular formula is C15H24N2O. The van der Waals surface area contributed by atoms with Crippen LogP contribution in [0.5, 0.6) is 0 Å². The molecule has 2 atom stereocenters. The van der Waals surface area contributed by atoms with Gasteiger partial charge in [-0.2, -0.15) is 0 Å². The van der Waals surface area contributed by atoms with Gasteiger partial charge in [-0.15, -0.1) is 0 Å². The molecule has 0 fully saturated rings. The quantitative estimate of drug-likeness (QED) is 0.776. The number of amides is 1. The lowest BCUT2D eigenvalue weighted by molar-refractivity contribution is -0.122. The lowest BCUT2D eigenvalue weighted by Crippen LogP contribution is -2.42. The third-order valence-electron chi connectivity index (χ3n) is 3.25. The van der Waals surface area contributed by atoms with E-state index in [1.54, 1.807) is 0 Å². The summed E-state index contributed by atoms with van der Waals surface area (Å²) >= 11 is 0. The first-order valence-electron chi connectivity index (χ1n) is 6.70. The Morgan fingerprint density at radius 2 is 2.00 bits per heavy atom. The Bertz CT molecular complexity index is 351. The third-order valence-corrected chi connectivity index (χ3v) is 3.25. The Morgan fingerprint density at radius 3 is 2.61 bits per heavy atom. The van der Waals surface area contributed by atoms with Crippen molar-refractivity contribution in [3.05, 3.63) is 35.9 Å². The van der Waals surface area contributed by atoms with E-state index in [1.807, 2.05) is 18.2 Å². The summed E-state index contributed by atoms with van der Waals surface area (Å²) < 4.78 is 0. The summed E-state index contributed by atoms with van der Waals surface area (Å²) in [7, 11) is 0. The van der Waals surface area contributed by atoms with Crippen molar-refractivity contribution in [1.29, 1.82) is 0 Å². The minimum absolute atomic E-state index is 0.0359. The van der Waals surface area contributed by atoms with Crippen molar-refractivity contribution in [2.45, 2.75) is 39.2 Å². The minimum atomic E-state index is -0.408. The molecule has 1 aromatic carbocycles. The molecule has 1 unspecified atom stereocenters. The van der Waals surface area contributed by atoms with E-state index in [2.05, 4.69) is 31.3 Å². The van der Waals surface area contributed by atoms with E-state index >= 15 is 0 Å². The van der Waals surface area contributed by atoms with Gasteiger partial charge in [0.05, 0.1) is 6.04 Å². The van der Waals surface area contributed by atoms with Crippen LogP contribution in [0.25, 0.3) is 0 Å². The number of nitrogens with two attached hydrogens (primary N) is 1. The molecule has 0 aliphatic carbocycles. The van der Waals surface area contributed by atoms with E-state index in [-0.39, 0.29) is 5.91 Å². The smallest absolute Gasteiger partial charge is 0.236 e. The number of hydrogen-bond donors (Lipinski definition) is 2. The maximum absolute atomic E-state index is 11.7. The van der Waals surface area contributed by atoms with Crippen LogP contribution in [0.15, 0.2) is 30.3 Å². The van der Waals surface area contributed by atoms with Crippen LogP contribution in [-0.2, 0) is 11.2 Å². The van der Waals surface area contributed by atoms with Crippen molar-refractivity contribution in [3.63, 3.8) is 0 Å². The van der Waals surface area contributed by atoms with Crippen LogP contribution in [0.2, 0.25) is 0 Å². The predicted molar refractivity (Wildman–Crippen MR) is 75.2 cm³/mol. The number of benzene rings is 1. The highest BCUT2D eigenvalue weighted by Crippen LogP contribution is 2.04. The molecular weight excluding hydrogens is 224 g/mol. The number of carbonyl (C=O) groups excluding carboxylic acids is 1. The van der Waals surface area contributed by atoms with Crippen molar-refractivity contribution < 1.29 is 4.79 Å². The molecule has 0 aromatic heterocycles. The summed E-state index contributed by atoms with van der Waals surface area (Å²) in [5, 5.41) is 2.91. The molecule has 0 aliphatic rings. The fourth-order valence-corrected chi connectivity index (χ4v) is 1.65. The standard InChI is InChI=1S/C15H24N2O/c1-3-12(2)11-17-15(18)14(16)10-9-13-7-5-4-6-8-13/h4-8,12,14H,3,9-11,16H2,1-2H3,(H,17,18)/t12?,14-/m0/s1. The topological polar surface area (TPSA) is 55.1 Å². The minimum Gasteiger partial charge on any atom is -0.354 e. The van der Waals surface area contributed by atoms with Gasteiger partial charge in [0, 0.05) is 6.54 Å². The van der Waals surface area contributed by atoms with Gasteiger partial charge in [-0.3, -0.25) is 4.79 Å². The maximum Gasteiger partial charge on any atom is 0.236 e. The third kappa shape index (κ3) is 5.32. The lowest BCUT2D eigenvalue weighted by atomic mass is 10.0. The van der Waals surface area contributed by atoms with Gasteiger partial charge in [0.15, 0.2) is 0 Å². The van der Waals surface area contributed by atoms with Crippen molar-refractivity contribution in [2.75, 3.05) is 6.54 Å². The highest BCUT2D eigenvalue weighted by Gasteiger charge is 2.13. The molecule has 0 aliphatic heterocycles. The lowest BCUT2D eigenvalue weighted by Gasteiger charge is -2.14. The highest BCUT2D eigenvalue weighted by molar-refractivity contribution is 5.81. The molecule has 100 valence electrons. The normalized spacial score (nSPS) is 13.9. The summed E-state index contributed by atoms with van der Waals surface area (Å²) in [5.41, 5.74) is 7.11. The van der Waals surface area contributed by atoms with Crippen LogP contribution < -0.4 is 11.1 Å². The monoisotopic (exact) mass is 248 g/mol. The van der Waals surface area contributed by atoms with E-state index in [0.717, 1.165) is 12.8 Å². The zero-order chi connectivity index (χ0) is 13.4. The van der Waals surface area contributed by atoms with Crippen molar-refractivity contribution >= 4 is 5.91 Å². The van der Waals surface area contributed by atoms with Gasteiger partial charge >= 0.3 is 0 Å². The largest absolute Gasteiger partial charge is 0.354 e. The molecule has 0 bridgehead atoms. The molecule has 3 N–H and O–H groups in total. The van der Waals surface area contributed by atoms with Gasteiger partial charge in [0.1, 0.15) is 0 Å². The van der Waals surface area contributed by atoms with Crippen molar-refractivity contribution in [1.82, 2.24) is 5.32 Å². The van der Waals surface area contributed by atoms with E-state index in [9.17, 15) is 4.79 Å². The van der Waals surface area contributed by atoms with Gasteiger partial charge < -0.3 is 11.1 Å². The Hall–Kier alpha value is -1.35.